The lowest BCUT2D eigenvalue weighted by Crippen LogP contribution is -2.05. The third kappa shape index (κ3) is 2.41. The summed E-state index contributed by atoms with van der Waals surface area (Å²) >= 11 is 3.50. The number of aromatic nitrogens is 1. The molecule has 0 amide bonds. The molecule has 0 spiro atoms. The van der Waals surface area contributed by atoms with E-state index in [0.29, 0.717) is 0 Å². The molecule has 0 fully saturated rings. The highest BCUT2D eigenvalue weighted by Gasteiger charge is 2.05. The molecule has 0 unspecified atom stereocenters. The molecule has 16 heavy (non-hydrogen) atoms. The fraction of sp³-hybridized carbons (Fsp3) is 0.364. The molecule has 0 radical (unpaired) electrons. The molecule has 0 atom stereocenters. The van der Waals surface area contributed by atoms with Gasteiger partial charge in [-0.05, 0) is 25.3 Å². The van der Waals surface area contributed by atoms with Gasteiger partial charge in [0.1, 0.15) is 0 Å². The van der Waals surface area contributed by atoms with Gasteiger partial charge in [-0.1, -0.05) is 0 Å². The molecule has 0 saturated carbocycles. The second-order valence-corrected chi connectivity index (χ2v) is 5.78. The summed E-state index contributed by atoms with van der Waals surface area (Å²) in [6.07, 6.45) is 2.10. The van der Waals surface area contributed by atoms with E-state index >= 15 is 0 Å². The van der Waals surface area contributed by atoms with Gasteiger partial charge >= 0.3 is 0 Å². The van der Waals surface area contributed by atoms with Gasteiger partial charge in [0.25, 0.3) is 0 Å². The van der Waals surface area contributed by atoms with Crippen LogP contribution >= 0.6 is 23.1 Å². The number of fused-ring (bicyclic) bond motifs is 1. The Kier molecular flexibility index (Phi) is 3.56. The molecule has 0 bridgehead atoms. The number of thioether (sulfide) groups is 1. The van der Waals surface area contributed by atoms with Gasteiger partial charge in [-0.2, -0.15) is 11.8 Å². The van der Waals surface area contributed by atoms with Crippen molar-refractivity contribution in [2.24, 2.45) is 0 Å². The quantitative estimate of drug-likeness (QED) is 0.650. The fourth-order valence-electron chi connectivity index (χ4n) is 1.55. The van der Waals surface area contributed by atoms with E-state index in [4.69, 9.17) is 5.73 Å². The Hall–Kier alpha value is -0.940. The van der Waals surface area contributed by atoms with E-state index in [-0.39, 0.29) is 0 Å². The number of nitrogen functional groups attached to an aromatic ring is 1. The predicted molar refractivity (Wildman–Crippen MR) is 75.6 cm³/mol. The number of nitrogens with two attached hydrogens (primary N) is 1. The van der Waals surface area contributed by atoms with Crippen molar-refractivity contribution < 1.29 is 0 Å². The minimum Gasteiger partial charge on any atom is -0.397 e. The highest BCUT2D eigenvalue weighted by atomic mass is 32.2. The normalized spacial score (nSPS) is 10.9. The maximum Gasteiger partial charge on any atom is 0.0907 e. The summed E-state index contributed by atoms with van der Waals surface area (Å²) in [5, 5.41) is 4.41. The first-order valence-corrected chi connectivity index (χ1v) is 7.31. The van der Waals surface area contributed by atoms with Gasteiger partial charge in [0.15, 0.2) is 0 Å². The zero-order valence-electron chi connectivity index (χ0n) is 9.41. The van der Waals surface area contributed by atoms with Crippen LogP contribution in [0, 0.1) is 6.92 Å². The van der Waals surface area contributed by atoms with Crippen LogP contribution < -0.4 is 11.1 Å². The van der Waals surface area contributed by atoms with Crippen molar-refractivity contribution in [1.82, 2.24) is 4.98 Å². The van der Waals surface area contributed by atoms with E-state index in [1.165, 1.54) is 0 Å². The Balaban J connectivity index is 2.27. The van der Waals surface area contributed by atoms with Crippen LogP contribution in [0.1, 0.15) is 5.01 Å². The smallest absolute Gasteiger partial charge is 0.0907 e. The number of rotatable bonds is 4. The van der Waals surface area contributed by atoms with Crippen LogP contribution in [-0.4, -0.2) is 23.5 Å². The molecule has 3 nitrogen and oxygen atoms in total. The van der Waals surface area contributed by atoms with E-state index < -0.39 is 0 Å². The van der Waals surface area contributed by atoms with Crippen molar-refractivity contribution in [2.45, 2.75) is 6.92 Å². The van der Waals surface area contributed by atoms with E-state index in [0.717, 1.165) is 38.9 Å². The average Bonchev–Trinajstić information content (AvgIpc) is 2.58. The van der Waals surface area contributed by atoms with Gasteiger partial charge in [0.2, 0.25) is 0 Å². The predicted octanol–water partition coefficient (Wildman–Crippen LogP) is 2.96. The summed E-state index contributed by atoms with van der Waals surface area (Å²) in [5.74, 6) is 1.08. The first-order chi connectivity index (χ1) is 7.70. The van der Waals surface area contributed by atoms with E-state index in [2.05, 4.69) is 16.6 Å². The number of nitrogens with one attached hydrogen (secondary N) is 1. The Bertz CT molecular complexity index is 493. The first kappa shape index (κ1) is 11.5. The maximum atomic E-state index is 5.99. The number of benzene rings is 1. The van der Waals surface area contributed by atoms with Crippen molar-refractivity contribution in [3.05, 3.63) is 17.1 Å². The lowest BCUT2D eigenvalue weighted by Gasteiger charge is -2.08. The van der Waals surface area contributed by atoms with Gasteiger partial charge in [0, 0.05) is 12.3 Å². The lowest BCUT2D eigenvalue weighted by molar-refractivity contribution is 1.23. The largest absolute Gasteiger partial charge is 0.397 e. The standard InChI is InChI=1S/C11H15N3S2/c1-7-14-10-6-9(13-3-4-15-2)8(12)5-11(10)16-7/h5-6,13H,3-4,12H2,1-2H3. The molecular formula is C11H15N3S2. The third-order valence-corrected chi connectivity index (χ3v) is 3.83. The van der Waals surface area contributed by atoms with Crippen LogP contribution in [0.5, 0.6) is 0 Å². The molecule has 1 heterocycles. The van der Waals surface area contributed by atoms with Crippen LogP contribution in [0.15, 0.2) is 12.1 Å². The fourth-order valence-corrected chi connectivity index (χ4v) is 2.71. The van der Waals surface area contributed by atoms with Crippen LogP contribution in [0.25, 0.3) is 10.2 Å². The zero-order valence-corrected chi connectivity index (χ0v) is 11.0. The molecule has 2 aromatic rings. The summed E-state index contributed by atoms with van der Waals surface area (Å²) in [5.41, 5.74) is 8.81. The minimum atomic E-state index is 0.803. The highest BCUT2D eigenvalue weighted by Crippen LogP contribution is 2.29. The van der Waals surface area contributed by atoms with Crippen molar-refractivity contribution in [3.63, 3.8) is 0 Å². The van der Waals surface area contributed by atoms with Gasteiger partial charge in [-0.3, -0.25) is 0 Å². The van der Waals surface area contributed by atoms with Crippen LogP contribution in [0.2, 0.25) is 0 Å². The number of thiazole rings is 1. The number of nitrogens with zero attached hydrogens (tertiary/aromatic N) is 1. The summed E-state index contributed by atoms with van der Waals surface area (Å²) in [6.45, 7) is 2.95. The highest BCUT2D eigenvalue weighted by molar-refractivity contribution is 7.98. The topological polar surface area (TPSA) is 50.9 Å². The SMILES string of the molecule is CSCCNc1cc2nc(C)sc2cc1N. The first-order valence-electron chi connectivity index (χ1n) is 5.10. The van der Waals surface area contributed by atoms with Gasteiger partial charge < -0.3 is 11.1 Å². The average molecular weight is 253 g/mol. The maximum absolute atomic E-state index is 5.99. The monoisotopic (exact) mass is 253 g/mol. The molecule has 86 valence electrons. The molecule has 2 rings (SSSR count). The minimum absolute atomic E-state index is 0.803. The van der Waals surface area contributed by atoms with Gasteiger partial charge in [-0.25, -0.2) is 4.98 Å². The van der Waals surface area contributed by atoms with Crippen molar-refractivity contribution >= 4 is 44.7 Å². The molecule has 5 heteroatoms. The summed E-state index contributed by atoms with van der Waals surface area (Å²) < 4.78 is 1.16. The van der Waals surface area contributed by atoms with Crippen molar-refractivity contribution in [2.75, 3.05) is 29.6 Å². The van der Waals surface area contributed by atoms with Gasteiger partial charge in [-0.15, -0.1) is 11.3 Å². The summed E-state index contributed by atoms with van der Waals surface area (Å²) in [6, 6.07) is 4.04. The van der Waals surface area contributed by atoms with Crippen LogP contribution in [0.4, 0.5) is 11.4 Å². The van der Waals surface area contributed by atoms with Crippen LogP contribution in [-0.2, 0) is 0 Å². The van der Waals surface area contributed by atoms with E-state index in [1.807, 2.05) is 30.8 Å². The molecule has 1 aromatic heterocycles. The molecule has 0 aliphatic rings. The number of anilines is 2. The second kappa shape index (κ2) is 4.93. The molecular weight excluding hydrogens is 238 g/mol. The number of hydrogen-bond acceptors (Lipinski definition) is 5. The molecule has 0 aliphatic heterocycles. The van der Waals surface area contributed by atoms with Crippen molar-refractivity contribution in [1.29, 1.82) is 0 Å². The second-order valence-electron chi connectivity index (χ2n) is 3.56. The summed E-state index contributed by atoms with van der Waals surface area (Å²) in [4.78, 5) is 4.46. The van der Waals surface area contributed by atoms with E-state index in [1.54, 1.807) is 11.3 Å². The molecule has 3 N–H and O–H groups in total. The zero-order chi connectivity index (χ0) is 11.5. The van der Waals surface area contributed by atoms with Crippen LogP contribution in [0.3, 0.4) is 0 Å². The Morgan fingerprint density at radius 2 is 2.31 bits per heavy atom. The van der Waals surface area contributed by atoms with Crippen molar-refractivity contribution in [3.8, 4) is 0 Å². The molecule has 0 saturated heterocycles. The Morgan fingerprint density at radius 1 is 1.50 bits per heavy atom. The number of aryl methyl sites for hydroxylation is 1. The Labute approximate surface area is 103 Å². The van der Waals surface area contributed by atoms with Gasteiger partial charge in [0.05, 0.1) is 26.6 Å². The van der Waals surface area contributed by atoms with E-state index in [9.17, 15) is 0 Å². The summed E-state index contributed by atoms with van der Waals surface area (Å²) in [7, 11) is 0. The molecule has 0 aliphatic carbocycles. The lowest BCUT2D eigenvalue weighted by atomic mass is 10.2. The molecule has 1 aromatic carbocycles. The third-order valence-electron chi connectivity index (χ3n) is 2.29. The Morgan fingerprint density at radius 3 is 3.06 bits per heavy atom. The number of hydrogen-bond donors (Lipinski definition) is 2.